The van der Waals surface area contributed by atoms with Gasteiger partial charge in [-0.3, -0.25) is 9.59 Å². The van der Waals surface area contributed by atoms with Gasteiger partial charge in [0.1, 0.15) is 5.82 Å². The first-order valence-corrected chi connectivity index (χ1v) is 7.09. The third-order valence-corrected chi connectivity index (χ3v) is 3.46. The number of carbonyl (C=O) groups is 2. The normalized spacial score (nSPS) is 10.2. The Kier molecular flexibility index (Phi) is 5.46. The molecule has 2 aromatic rings. The van der Waals surface area contributed by atoms with Crippen molar-refractivity contribution in [3.8, 4) is 11.5 Å². The van der Waals surface area contributed by atoms with Crippen molar-refractivity contribution in [3.05, 3.63) is 59.4 Å². The van der Waals surface area contributed by atoms with Crippen molar-refractivity contribution >= 4 is 11.6 Å². The number of methoxy groups -OCH3 is 2. The fourth-order valence-corrected chi connectivity index (χ4v) is 2.20. The molecule has 0 aliphatic carbocycles. The van der Waals surface area contributed by atoms with Crippen molar-refractivity contribution in [2.75, 3.05) is 14.2 Å². The molecular weight excluding hydrogens is 299 g/mol. The summed E-state index contributed by atoms with van der Waals surface area (Å²) in [4.78, 5) is 24.2. The van der Waals surface area contributed by atoms with Gasteiger partial charge < -0.3 is 9.47 Å². The Bertz CT molecular complexity index is 725. The third-order valence-electron chi connectivity index (χ3n) is 3.46. The first kappa shape index (κ1) is 16.7. The highest BCUT2D eigenvalue weighted by atomic mass is 19.1. The molecule has 0 aromatic heterocycles. The molecule has 0 aliphatic heterocycles. The molecule has 5 heteroatoms. The van der Waals surface area contributed by atoms with Crippen LogP contribution in [0.4, 0.5) is 4.39 Å². The largest absolute Gasteiger partial charge is 0.493 e. The number of halogens is 1. The van der Waals surface area contributed by atoms with E-state index in [0.29, 0.717) is 17.1 Å². The minimum absolute atomic E-state index is 0.00263. The molecular formula is C18H17FO4. The third kappa shape index (κ3) is 3.94. The second-order valence-corrected chi connectivity index (χ2v) is 4.90. The Hall–Kier alpha value is -2.69. The molecule has 0 unspecified atom stereocenters. The molecule has 0 spiro atoms. The summed E-state index contributed by atoms with van der Waals surface area (Å²) in [6.45, 7) is 0. The van der Waals surface area contributed by atoms with E-state index in [1.54, 1.807) is 24.3 Å². The van der Waals surface area contributed by atoms with Crippen molar-refractivity contribution < 1.29 is 23.5 Å². The Labute approximate surface area is 133 Å². The van der Waals surface area contributed by atoms with Gasteiger partial charge in [0.05, 0.1) is 19.8 Å². The molecule has 0 amide bonds. The Morgan fingerprint density at radius 1 is 0.913 bits per heavy atom. The highest BCUT2D eigenvalue weighted by Gasteiger charge is 2.15. The van der Waals surface area contributed by atoms with Gasteiger partial charge >= 0.3 is 0 Å². The summed E-state index contributed by atoms with van der Waals surface area (Å²) in [6.07, 6.45) is -0.0449. The number of hydrogen-bond donors (Lipinski definition) is 0. The average molecular weight is 316 g/mol. The van der Waals surface area contributed by atoms with Crippen LogP contribution in [-0.2, 0) is 0 Å². The van der Waals surface area contributed by atoms with E-state index in [9.17, 15) is 14.0 Å². The van der Waals surface area contributed by atoms with Gasteiger partial charge in [0, 0.05) is 18.4 Å². The highest BCUT2D eigenvalue weighted by molar-refractivity contribution is 6.02. The fourth-order valence-electron chi connectivity index (χ4n) is 2.20. The summed E-state index contributed by atoms with van der Waals surface area (Å²) < 4.78 is 23.8. The molecule has 0 aliphatic rings. The maximum absolute atomic E-state index is 13.5. The number of benzene rings is 2. The summed E-state index contributed by atoms with van der Waals surface area (Å²) in [6, 6.07) is 10.5. The fraction of sp³-hybridized carbons (Fsp3) is 0.222. The molecule has 0 atom stereocenters. The molecule has 120 valence electrons. The number of Topliss-reactive ketones (excluding diaryl/α,β-unsaturated/α-hetero) is 2. The van der Waals surface area contributed by atoms with Crippen LogP contribution < -0.4 is 9.47 Å². The molecule has 0 heterocycles. The highest BCUT2D eigenvalue weighted by Crippen LogP contribution is 2.28. The molecule has 23 heavy (non-hydrogen) atoms. The average Bonchev–Trinajstić information content (AvgIpc) is 2.59. The Morgan fingerprint density at radius 2 is 1.57 bits per heavy atom. The zero-order valence-electron chi connectivity index (χ0n) is 13.0. The SMILES string of the molecule is COc1ccc(C(=O)CCC(=O)c2ccccc2F)cc1OC. The van der Waals surface area contributed by atoms with Gasteiger partial charge in [-0.1, -0.05) is 12.1 Å². The smallest absolute Gasteiger partial charge is 0.166 e. The van der Waals surface area contributed by atoms with Crippen LogP contribution in [-0.4, -0.2) is 25.8 Å². The molecule has 0 bridgehead atoms. The quantitative estimate of drug-likeness (QED) is 0.731. The van der Waals surface area contributed by atoms with Gasteiger partial charge in [-0.15, -0.1) is 0 Å². The molecule has 0 radical (unpaired) electrons. The van der Waals surface area contributed by atoms with Crippen LogP contribution in [0.15, 0.2) is 42.5 Å². The second kappa shape index (κ2) is 7.54. The van der Waals surface area contributed by atoms with Crippen molar-refractivity contribution in [3.63, 3.8) is 0 Å². The maximum Gasteiger partial charge on any atom is 0.166 e. The standard InChI is InChI=1S/C18H17FO4/c1-22-17-10-7-12(11-18(17)23-2)15(20)8-9-16(21)13-5-3-4-6-14(13)19/h3-7,10-11H,8-9H2,1-2H3. The van der Waals surface area contributed by atoms with Gasteiger partial charge in [0.2, 0.25) is 0 Å². The van der Waals surface area contributed by atoms with E-state index in [2.05, 4.69) is 0 Å². The number of carbonyl (C=O) groups excluding carboxylic acids is 2. The Morgan fingerprint density at radius 3 is 2.22 bits per heavy atom. The second-order valence-electron chi connectivity index (χ2n) is 4.90. The van der Waals surface area contributed by atoms with Gasteiger partial charge in [0.15, 0.2) is 23.1 Å². The van der Waals surface area contributed by atoms with E-state index in [1.165, 1.54) is 32.4 Å². The van der Waals surface area contributed by atoms with Crippen LogP contribution in [0, 0.1) is 5.82 Å². The molecule has 0 fully saturated rings. The van der Waals surface area contributed by atoms with E-state index in [1.807, 2.05) is 0 Å². The molecule has 0 saturated heterocycles. The van der Waals surface area contributed by atoms with Gasteiger partial charge in [-0.05, 0) is 30.3 Å². The molecule has 0 saturated carbocycles. The Balaban J connectivity index is 2.05. The number of hydrogen-bond acceptors (Lipinski definition) is 4. The van der Waals surface area contributed by atoms with Crippen LogP contribution >= 0.6 is 0 Å². The minimum Gasteiger partial charge on any atom is -0.493 e. The van der Waals surface area contributed by atoms with Gasteiger partial charge in [-0.2, -0.15) is 0 Å². The molecule has 2 rings (SSSR count). The topological polar surface area (TPSA) is 52.6 Å². The predicted octanol–water partition coefficient (Wildman–Crippen LogP) is 3.69. The molecule has 4 nitrogen and oxygen atoms in total. The lowest BCUT2D eigenvalue weighted by Crippen LogP contribution is -2.07. The summed E-state index contributed by atoms with van der Waals surface area (Å²) in [5, 5.41) is 0. The summed E-state index contributed by atoms with van der Waals surface area (Å²) in [5.41, 5.74) is 0.427. The maximum atomic E-state index is 13.5. The number of ketones is 2. The van der Waals surface area contributed by atoms with E-state index in [-0.39, 0.29) is 24.2 Å². The number of rotatable bonds is 7. The van der Waals surface area contributed by atoms with Crippen molar-refractivity contribution in [2.45, 2.75) is 12.8 Å². The predicted molar refractivity (Wildman–Crippen MR) is 83.8 cm³/mol. The van der Waals surface area contributed by atoms with Crippen molar-refractivity contribution in [1.29, 1.82) is 0 Å². The lowest BCUT2D eigenvalue weighted by molar-refractivity contribution is 0.0915. The van der Waals surface area contributed by atoms with Crippen LogP contribution in [0.2, 0.25) is 0 Å². The zero-order valence-corrected chi connectivity index (χ0v) is 13.0. The lowest BCUT2D eigenvalue weighted by atomic mass is 10.0. The van der Waals surface area contributed by atoms with E-state index in [0.717, 1.165) is 0 Å². The minimum atomic E-state index is -0.573. The first-order chi connectivity index (χ1) is 11.1. The summed E-state index contributed by atoms with van der Waals surface area (Å²) in [7, 11) is 2.99. The van der Waals surface area contributed by atoms with Gasteiger partial charge in [0.25, 0.3) is 0 Å². The van der Waals surface area contributed by atoms with E-state index < -0.39 is 11.6 Å². The lowest BCUT2D eigenvalue weighted by Gasteiger charge is -2.09. The van der Waals surface area contributed by atoms with Crippen molar-refractivity contribution in [2.24, 2.45) is 0 Å². The van der Waals surface area contributed by atoms with Gasteiger partial charge in [-0.25, -0.2) is 4.39 Å². The van der Waals surface area contributed by atoms with Crippen LogP contribution in [0.5, 0.6) is 11.5 Å². The van der Waals surface area contributed by atoms with Crippen LogP contribution in [0.1, 0.15) is 33.6 Å². The molecule has 0 N–H and O–H groups in total. The zero-order chi connectivity index (χ0) is 16.8. The monoisotopic (exact) mass is 316 g/mol. The van der Waals surface area contributed by atoms with E-state index in [4.69, 9.17) is 9.47 Å². The first-order valence-electron chi connectivity index (χ1n) is 7.09. The van der Waals surface area contributed by atoms with E-state index >= 15 is 0 Å². The van der Waals surface area contributed by atoms with Crippen LogP contribution in [0.3, 0.4) is 0 Å². The van der Waals surface area contributed by atoms with Crippen LogP contribution in [0.25, 0.3) is 0 Å². The van der Waals surface area contributed by atoms with Crippen molar-refractivity contribution in [1.82, 2.24) is 0 Å². The summed E-state index contributed by atoms with van der Waals surface area (Å²) >= 11 is 0. The number of ether oxygens (including phenoxy) is 2. The summed E-state index contributed by atoms with van der Waals surface area (Å²) in [5.74, 6) is -0.214. The molecule has 2 aromatic carbocycles.